The molecule has 0 bridgehead atoms. The Labute approximate surface area is 115 Å². The van der Waals surface area contributed by atoms with Crippen LogP contribution in [0.1, 0.15) is 5.56 Å². The first-order chi connectivity index (χ1) is 9.13. The molecule has 5 nitrogen and oxygen atoms in total. The molecule has 0 aromatic heterocycles. The summed E-state index contributed by atoms with van der Waals surface area (Å²) in [4.78, 5) is 37.4. The molecule has 0 saturated carbocycles. The second kappa shape index (κ2) is 5.84. The average molecular weight is 281 g/mol. The van der Waals surface area contributed by atoms with E-state index >= 15 is 0 Å². The first-order valence-corrected chi connectivity index (χ1v) is 6.40. The smallest absolute Gasteiger partial charge is 0.318 e. The summed E-state index contributed by atoms with van der Waals surface area (Å²) in [6, 6.07) is 9.39. The molecule has 1 aromatic rings. The lowest BCUT2D eigenvalue weighted by atomic mass is 10.2. The number of imide groups is 1. The van der Waals surface area contributed by atoms with E-state index in [9.17, 15) is 14.4 Å². The zero-order valence-corrected chi connectivity index (χ0v) is 11.0. The number of hydrogen-bond donors (Lipinski definition) is 0. The molecule has 0 unspecified atom stereocenters. The van der Waals surface area contributed by atoms with Gasteiger partial charge in [0, 0.05) is 19.6 Å². The van der Waals surface area contributed by atoms with Crippen LogP contribution >= 0.6 is 11.6 Å². The quantitative estimate of drug-likeness (QED) is 0.602. The van der Waals surface area contributed by atoms with Crippen LogP contribution in [0.25, 0.3) is 0 Å². The van der Waals surface area contributed by atoms with Crippen molar-refractivity contribution in [1.29, 1.82) is 0 Å². The van der Waals surface area contributed by atoms with Gasteiger partial charge in [-0.2, -0.15) is 0 Å². The van der Waals surface area contributed by atoms with E-state index in [0.717, 1.165) is 10.5 Å². The summed E-state index contributed by atoms with van der Waals surface area (Å²) in [7, 11) is 0. The highest BCUT2D eigenvalue weighted by Gasteiger charge is 2.35. The standard InChI is InChI=1S/C13H13ClN2O3/c14-8-11(17)16-7-6-15(12(18)13(16)19)9-10-4-2-1-3-5-10/h1-5H,6-9H2. The summed E-state index contributed by atoms with van der Waals surface area (Å²) in [5.74, 6) is -2.28. The van der Waals surface area contributed by atoms with Crippen molar-refractivity contribution < 1.29 is 14.4 Å². The predicted molar refractivity (Wildman–Crippen MR) is 69.3 cm³/mol. The van der Waals surface area contributed by atoms with E-state index in [4.69, 9.17) is 11.6 Å². The highest BCUT2D eigenvalue weighted by molar-refractivity contribution is 6.40. The van der Waals surface area contributed by atoms with Crippen LogP contribution in [-0.2, 0) is 20.9 Å². The van der Waals surface area contributed by atoms with Gasteiger partial charge < -0.3 is 4.90 Å². The minimum absolute atomic E-state index is 0.197. The molecule has 1 fully saturated rings. The van der Waals surface area contributed by atoms with E-state index in [-0.39, 0.29) is 12.4 Å². The van der Waals surface area contributed by atoms with Crippen molar-refractivity contribution >= 4 is 29.3 Å². The first-order valence-electron chi connectivity index (χ1n) is 5.87. The van der Waals surface area contributed by atoms with Gasteiger partial charge in [0.05, 0.1) is 0 Å². The van der Waals surface area contributed by atoms with Crippen molar-refractivity contribution in [1.82, 2.24) is 9.80 Å². The van der Waals surface area contributed by atoms with Gasteiger partial charge >= 0.3 is 11.8 Å². The van der Waals surface area contributed by atoms with E-state index < -0.39 is 17.7 Å². The van der Waals surface area contributed by atoms with Crippen molar-refractivity contribution in [3.05, 3.63) is 35.9 Å². The molecular weight excluding hydrogens is 268 g/mol. The Morgan fingerprint density at radius 2 is 1.79 bits per heavy atom. The zero-order chi connectivity index (χ0) is 13.8. The van der Waals surface area contributed by atoms with E-state index in [2.05, 4.69) is 0 Å². The van der Waals surface area contributed by atoms with Gasteiger partial charge in [-0.3, -0.25) is 19.3 Å². The van der Waals surface area contributed by atoms with Gasteiger partial charge in [0.15, 0.2) is 0 Å². The van der Waals surface area contributed by atoms with Crippen molar-refractivity contribution in [2.75, 3.05) is 19.0 Å². The fourth-order valence-corrected chi connectivity index (χ4v) is 2.08. The van der Waals surface area contributed by atoms with E-state index in [0.29, 0.717) is 13.1 Å². The van der Waals surface area contributed by atoms with Crippen LogP contribution in [0.3, 0.4) is 0 Å². The van der Waals surface area contributed by atoms with Crippen LogP contribution in [0.5, 0.6) is 0 Å². The molecule has 1 aliphatic heterocycles. The molecule has 19 heavy (non-hydrogen) atoms. The molecule has 100 valence electrons. The fourth-order valence-electron chi connectivity index (χ4n) is 1.94. The molecule has 6 heteroatoms. The van der Waals surface area contributed by atoms with Gasteiger partial charge in [-0.15, -0.1) is 11.6 Å². The number of piperazine rings is 1. The SMILES string of the molecule is O=C1C(=O)N(C(=O)CCl)CCN1Cc1ccccc1. The zero-order valence-electron chi connectivity index (χ0n) is 10.2. The fraction of sp³-hybridized carbons (Fsp3) is 0.308. The Hall–Kier alpha value is -1.88. The van der Waals surface area contributed by atoms with Crippen LogP contribution < -0.4 is 0 Å². The number of carbonyl (C=O) groups is 3. The van der Waals surface area contributed by atoms with Crippen molar-refractivity contribution in [2.24, 2.45) is 0 Å². The van der Waals surface area contributed by atoms with Crippen LogP contribution in [-0.4, -0.2) is 46.5 Å². The maximum absolute atomic E-state index is 11.9. The number of amides is 3. The van der Waals surface area contributed by atoms with Crippen molar-refractivity contribution in [3.8, 4) is 0 Å². The van der Waals surface area contributed by atoms with Crippen LogP contribution in [0, 0.1) is 0 Å². The lowest BCUT2D eigenvalue weighted by Gasteiger charge is -2.32. The molecule has 3 amide bonds. The summed E-state index contributed by atoms with van der Waals surface area (Å²) < 4.78 is 0. The third-order valence-corrected chi connectivity index (χ3v) is 3.17. The Morgan fingerprint density at radius 1 is 1.11 bits per heavy atom. The third-order valence-electron chi connectivity index (χ3n) is 2.94. The van der Waals surface area contributed by atoms with Gasteiger partial charge in [-0.05, 0) is 5.56 Å². The average Bonchev–Trinajstić information content (AvgIpc) is 2.44. The number of alkyl halides is 1. The van der Waals surface area contributed by atoms with Gasteiger partial charge in [0.2, 0.25) is 5.91 Å². The van der Waals surface area contributed by atoms with Gasteiger partial charge in [-0.1, -0.05) is 30.3 Å². The molecule has 1 aliphatic rings. The molecular formula is C13H13ClN2O3. The molecule has 1 heterocycles. The highest BCUT2D eigenvalue weighted by Crippen LogP contribution is 2.11. The summed E-state index contributed by atoms with van der Waals surface area (Å²) >= 11 is 5.40. The van der Waals surface area contributed by atoms with Gasteiger partial charge in [0.25, 0.3) is 0 Å². The second-order valence-electron chi connectivity index (χ2n) is 4.20. The maximum atomic E-state index is 11.9. The molecule has 2 rings (SSSR count). The highest BCUT2D eigenvalue weighted by atomic mass is 35.5. The monoisotopic (exact) mass is 280 g/mol. The summed E-state index contributed by atoms with van der Waals surface area (Å²) in [6.07, 6.45) is 0. The Morgan fingerprint density at radius 3 is 2.42 bits per heavy atom. The Kier molecular flexibility index (Phi) is 4.16. The number of hydrogen-bond acceptors (Lipinski definition) is 3. The summed E-state index contributed by atoms with van der Waals surface area (Å²) in [6.45, 7) is 0.902. The van der Waals surface area contributed by atoms with Gasteiger partial charge in [0.1, 0.15) is 5.88 Å². The number of rotatable bonds is 3. The van der Waals surface area contributed by atoms with Crippen LogP contribution in [0.4, 0.5) is 0 Å². The molecule has 1 saturated heterocycles. The van der Waals surface area contributed by atoms with E-state index in [1.807, 2.05) is 30.3 Å². The minimum atomic E-state index is -0.798. The molecule has 0 atom stereocenters. The molecule has 0 aliphatic carbocycles. The summed E-state index contributed by atoms with van der Waals surface area (Å²) in [5, 5.41) is 0. The predicted octanol–water partition coefficient (Wildman–Crippen LogP) is 0.623. The normalized spacial score (nSPS) is 15.8. The molecule has 1 aromatic carbocycles. The van der Waals surface area contributed by atoms with Gasteiger partial charge in [-0.25, -0.2) is 0 Å². The van der Waals surface area contributed by atoms with E-state index in [1.54, 1.807) is 0 Å². The van der Waals surface area contributed by atoms with E-state index in [1.165, 1.54) is 4.90 Å². The molecule has 0 N–H and O–H groups in total. The minimum Gasteiger partial charge on any atom is -0.328 e. The second-order valence-corrected chi connectivity index (χ2v) is 4.46. The number of benzene rings is 1. The lowest BCUT2D eigenvalue weighted by molar-refractivity contribution is -0.160. The van der Waals surface area contributed by atoms with Crippen LogP contribution in [0.2, 0.25) is 0 Å². The van der Waals surface area contributed by atoms with Crippen molar-refractivity contribution in [3.63, 3.8) is 0 Å². The molecule has 0 spiro atoms. The summed E-state index contributed by atoms with van der Waals surface area (Å²) in [5.41, 5.74) is 0.945. The number of nitrogens with zero attached hydrogens (tertiary/aromatic N) is 2. The Balaban J connectivity index is 2.05. The number of halogens is 1. The largest absolute Gasteiger partial charge is 0.328 e. The lowest BCUT2D eigenvalue weighted by Crippen LogP contribution is -2.56. The molecule has 0 radical (unpaired) electrons. The van der Waals surface area contributed by atoms with Crippen molar-refractivity contribution in [2.45, 2.75) is 6.54 Å². The Bertz CT molecular complexity index is 504. The maximum Gasteiger partial charge on any atom is 0.318 e. The first kappa shape index (κ1) is 13.5. The topological polar surface area (TPSA) is 57.7 Å². The van der Waals surface area contributed by atoms with Crippen LogP contribution in [0.15, 0.2) is 30.3 Å². The third kappa shape index (κ3) is 2.93. The number of carbonyl (C=O) groups excluding carboxylic acids is 3.